The van der Waals surface area contributed by atoms with Crippen molar-refractivity contribution in [3.63, 3.8) is 0 Å². The molecule has 1 aromatic carbocycles. The number of hydrogen-bond acceptors (Lipinski definition) is 3. The fraction of sp³-hybridized carbons (Fsp3) is 0.133. The first kappa shape index (κ1) is 11.1. The quantitative estimate of drug-likeness (QED) is 0.676. The second kappa shape index (κ2) is 4.05. The lowest BCUT2D eigenvalue weighted by molar-refractivity contribution is 0.569. The number of rotatable bonds is 0. The minimum Gasteiger partial charge on any atom is -0.289 e. The molecule has 0 saturated heterocycles. The van der Waals surface area contributed by atoms with Crippen LogP contribution in [0.25, 0.3) is 21.7 Å². The van der Waals surface area contributed by atoms with Gasteiger partial charge in [-0.15, -0.1) is 11.3 Å². The first-order valence-electron chi connectivity index (χ1n) is 5.68. The number of fused-ring (bicyclic) bond motifs is 2. The van der Waals surface area contributed by atoms with E-state index in [2.05, 4.69) is 0 Å². The third-order valence-electron chi connectivity index (χ3n) is 3.08. The smallest absolute Gasteiger partial charge is 0.195 e. The number of hydrogen-bond donors (Lipinski definition) is 0. The van der Waals surface area contributed by atoms with Crippen molar-refractivity contribution in [1.82, 2.24) is 0 Å². The topological polar surface area (TPSA) is 34.1 Å². The number of allylic oxidation sites excluding steroid dienone is 2. The van der Waals surface area contributed by atoms with E-state index in [1.54, 1.807) is 0 Å². The van der Waals surface area contributed by atoms with Crippen LogP contribution in [0.5, 0.6) is 0 Å². The van der Waals surface area contributed by atoms with Crippen molar-refractivity contribution in [3.8, 4) is 0 Å². The van der Waals surface area contributed by atoms with E-state index in [0.29, 0.717) is 17.6 Å². The van der Waals surface area contributed by atoms with Gasteiger partial charge in [0.2, 0.25) is 0 Å². The standard InChI is InChI=1S/C15H10O2S/c1-9-6-10(8-16)15-12(7-9)14(17)11-4-2-3-5-13(11)18-15/h2-5,7H,6H2,1H3. The average molecular weight is 254 g/mol. The average Bonchev–Trinajstić information content (AvgIpc) is 2.39. The van der Waals surface area contributed by atoms with Gasteiger partial charge < -0.3 is 0 Å². The molecule has 3 rings (SSSR count). The lowest BCUT2D eigenvalue weighted by atomic mass is 9.95. The predicted octanol–water partition coefficient (Wildman–Crippen LogP) is 3.28. The highest BCUT2D eigenvalue weighted by Crippen LogP contribution is 2.34. The molecule has 1 heterocycles. The second-order valence-corrected chi connectivity index (χ2v) is 5.47. The summed E-state index contributed by atoms with van der Waals surface area (Å²) >= 11 is 1.49. The molecule has 0 aliphatic heterocycles. The van der Waals surface area contributed by atoms with Crippen molar-refractivity contribution in [2.75, 3.05) is 0 Å². The molecule has 0 spiro atoms. The molecule has 0 amide bonds. The van der Waals surface area contributed by atoms with Crippen molar-refractivity contribution < 1.29 is 4.79 Å². The molecular weight excluding hydrogens is 244 g/mol. The third-order valence-corrected chi connectivity index (χ3v) is 4.32. The molecule has 88 valence electrons. The molecule has 0 unspecified atom stereocenters. The summed E-state index contributed by atoms with van der Waals surface area (Å²) in [6.07, 6.45) is 2.48. The van der Waals surface area contributed by atoms with Crippen LogP contribution >= 0.6 is 11.3 Å². The van der Waals surface area contributed by atoms with E-state index in [9.17, 15) is 9.59 Å². The van der Waals surface area contributed by atoms with E-state index in [1.807, 2.05) is 43.2 Å². The Hall–Kier alpha value is -1.96. The zero-order valence-electron chi connectivity index (χ0n) is 9.82. The molecule has 18 heavy (non-hydrogen) atoms. The monoisotopic (exact) mass is 254 g/mol. The maximum atomic E-state index is 12.4. The molecule has 0 fully saturated rings. The van der Waals surface area contributed by atoms with Crippen LogP contribution in [-0.4, -0.2) is 5.94 Å². The molecule has 2 aromatic rings. The predicted molar refractivity (Wildman–Crippen MR) is 75.5 cm³/mol. The highest BCUT2D eigenvalue weighted by Gasteiger charge is 2.19. The lowest BCUT2D eigenvalue weighted by Gasteiger charge is -2.14. The zero-order valence-corrected chi connectivity index (χ0v) is 10.6. The molecule has 2 nitrogen and oxygen atoms in total. The fourth-order valence-corrected chi connectivity index (χ4v) is 3.39. The summed E-state index contributed by atoms with van der Waals surface area (Å²) < 4.78 is 0.918. The molecule has 0 N–H and O–H groups in total. The van der Waals surface area contributed by atoms with Crippen molar-refractivity contribution >= 4 is 39.0 Å². The van der Waals surface area contributed by atoms with Gasteiger partial charge >= 0.3 is 0 Å². The zero-order chi connectivity index (χ0) is 12.7. The van der Waals surface area contributed by atoms with Gasteiger partial charge in [-0.1, -0.05) is 23.8 Å². The van der Waals surface area contributed by atoms with E-state index >= 15 is 0 Å². The summed E-state index contributed by atoms with van der Waals surface area (Å²) in [5.41, 5.74) is 2.27. The van der Waals surface area contributed by atoms with Crippen molar-refractivity contribution in [2.45, 2.75) is 13.3 Å². The Balaban J connectivity index is 2.51. The van der Waals surface area contributed by atoms with Crippen LogP contribution in [0, 0.1) is 0 Å². The maximum absolute atomic E-state index is 12.4. The summed E-state index contributed by atoms with van der Waals surface area (Å²) in [5.74, 6) is 1.98. The van der Waals surface area contributed by atoms with Crippen LogP contribution in [0.4, 0.5) is 0 Å². The van der Waals surface area contributed by atoms with Crippen molar-refractivity contribution in [2.24, 2.45) is 0 Å². The fourth-order valence-electron chi connectivity index (χ4n) is 2.25. The summed E-state index contributed by atoms with van der Waals surface area (Å²) in [7, 11) is 0. The van der Waals surface area contributed by atoms with Gasteiger partial charge in [0, 0.05) is 22.1 Å². The third kappa shape index (κ3) is 1.57. The van der Waals surface area contributed by atoms with Crippen LogP contribution in [0.1, 0.15) is 23.8 Å². The van der Waals surface area contributed by atoms with Gasteiger partial charge in [-0.05, 0) is 19.1 Å². The van der Waals surface area contributed by atoms with Crippen molar-refractivity contribution in [3.05, 3.63) is 50.5 Å². The van der Waals surface area contributed by atoms with Gasteiger partial charge in [-0.3, -0.25) is 4.79 Å². The normalized spacial score (nSPS) is 14.1. The largest absolute Gasteiger partial charge is 0.289 e. The SMILES string of the molecule is CC1=Cc2c(sc3ccccc3c2=O)C(=C=O)C1. The van der Waals surface area contributed by atoms with Crippen LogP contribution in [0.3, 0.4) is 0 Å². The first-order chi connectivity index (χ1) is 8.70. The molecule has 3 heteroatoms. The molecule has 0 atom stereocenters. The van der Waals surface area contributed by atoms with Crippen molar-refractivity contribution in [1.29, 1.82) is 0 Å². The number of carbonyl (C=O) groups excluding carboxylic acids is 1. The molecule has 1 aliphatic rings. The van der Waals surface area contributed by atoms with Gasteiger partial charge in [0.05, 0.1) is 10.5 Å². The van der Waals surface area contributed by atoms with Gasteiger partial charge in [0.15, 0.2) is 5.43 Å². The van der Waals surface area contributed by atoms with E-state index in [4.69, 9.17) is 0 Å². The van der Waals surface area contributed by atoms with Gasteiger partial charge in [0.1, 0.15) is 5.94 Å². The maximum Gasteiger partial charge on any atom is 0.195 e. The number of benzene rings is 1. The summed E-state index contributed by atoms with van der Waals surface area (Å²) in [6, 6.07) is 7.50. The first-order valence-corrected chi connectivity index (χ1v) is 6.49. The van der Waals surface area contributed by atoms with Gasteiger partial charge in [-0.2, -0.15) is 0 Å². The Labute approximate surface area is 108 Å². The van der Waals surface area contributed by atoms with E-state index in [1.165, 1.54) is 11.3 Å². The van der Waals surface area contributed by atoms with Crippen LogP contribution in [0.15, 0.2) is 34.6 Å². The molecule has 0 saturated carbocycles. The Kier molecular flexibility index (Phi) is 2.51. The Morgan fingerprint density at radius 3 is 2.83 bits per heavy atom. The van der Waals surface area contributed by atoms with Gasteiger partial charge in [-0.25, -0.2) is 4.79 Å². The summed E-state index contributed by atoms with van der Waals surface area (Å²) in [6.45, 7) is 1.93. The molecular formula is C15H10O2S. The highest BCUT2D eigenvalue weighted by atomic mass is 32.1. The molecule has 0 radical (unpaired) electrons. The minimum absolute atomic E-state index is 0.00569. The molecule has 1 aliphatic carbocycles. The Bertz CT molecular complexity index is 790. The lowest BCUT2D eigenvalue weighted by Crippen LogP contribution is -2.10. The minimum atomic E-state index is 0.00569. The van der Waals surface area contributed by atoms with E-state index in [-0.39, 0.29) is 5.43 Å². The van der Waals surface area contributed by atoms with Crippen LogP contribution in [-0.2, 0) is 4.79 Å². The van der Waals surface area contributed by atoms with Crippen LogP contribution in [0.2, 0.25) is 0 Å². The van der Waals surface area contributed by atoms with E-state index in [0.717, 1.165) is 20.5 Å². The highest BCUT2D eigenvalue weighted by molar-refractivity contribution is 7.19. The second-order valence-electron chi connectivity index (χ2n) is 4.42. The van der Waals surface area contributed by atoms with Crippen LogP contribution < -0.4 is 5.43 Å². The Morgan fingerprint density at radius 1 is 1.28 bits per heavy atom. The molecule has 0 bridgehead atoms. The summed E-state index contributed by atoms with van der Waals surface area (Å²) in [5, 5.41) is 0.720. The van der Waals surface area contributed by atoms with Gasteiger partial charge in [0.25, 0.3) is 0 Å². The Morgan fingerprint density at radius 2 is 2.06 bits per heavy atom. The summed E-state index contributed by atoms with van der Waals surface area (Å²) in [4.78, 5) is 24.2. The van der Waals surface area contributed by atoms with E-state index < -0.39 is 0 Å². The molecule has 1 aromatic heterocycles.